The van der Waals surface area contributed by atoms with Crippen molar-refractivity contribution in [2.75, 3.05) is 13.1 Å². The summed E-state index contributed by atoms with van der Waals surface area (Å²) in [5.74, 6) is 0.00118. The molecule has 0 bridgehead atoms. The third-order valence-electron chi connectivity index (χ3n) is 4.21. The fourth-order valence-corrected chi connectivity index (χ4v) is 2.79. The Morgan fingerprint density at radius 1 is 1.40 bits per heavy atom. The molecule has 0 aliphatic carbocycles. The first-order chi connectivity index (χ1) is 9.48. The van der Waals surface area contributed by atoms with Crippen LogP contribution in [0.1, 0.15) is 19.4 Å². The van der Waals surface area contributed by atoms with Crippen molar-refractivity contribution < 1.29 is 9.50 Å². The minimum atomic E-state index is -0.601. The Balaban J connectivity index is 1.82. The summed E-state index contributed by atoms with van der Waals surface area (Å²) in [5.41, 5.74) is 1.12. The van der Waals surface area contributed by atoms with Gasteiger partial charge in [-0.3, -0.25) is 9.88 Å². The van der Waals surface area contributed by atoms with E-state index in [1.54, 1.807) is 12.3 Å². The van der Waals surface area contributed by atoms with Crippen molar-refractivity contribution >= 4 is 10.9 Å². The molecular weight excluding hydrogens is 255 g/mol. The van der Waals surface area contributed by atoms with Gasteiger partial charge in [0.25, 0.3) is 0 Å². The predicted octanol–water partition coefficient (Wildman–Crippen LogP) is 2.58. The lowest BCUT2D eigenvalue weighted by Gasteiger charge is -2.49. The Hall–Kier alpha value is -1.52. The van der Waals surface area contributed by atoms with Crippen LogP contribution in [-0.2, 0) is 6.54 Å². The van der Waals surface area contributed by atoms with Crippen molar-refractivity contribution in [1.29, 1.82) is 0 Å². The van der Waals surface area contributed by atoms with Gasteiger partial charge in [0.2, 0.25) is 0 Å². The number of rotatable bonds is 3. The zero-order chi connectivity index (χ0) is 14.3. The van der Waals surface area contributed by atoms with Crippen LogP contribution in [0.15, 0.2) is 30.5 Å². The SMILES string of the molecule is CC(C)C1(O)CN(Cc2cc(F)cc3cccnc23)C1. The summed E-state index contributed by atoms with van der Waals surface area (Å²) in [5, 5.41) is 11.1. The number of hydrogen-bond acceptors (Lipinski definition) is 3. The number of hydrogen-bond donors (Lipinski definition) is 1. The number of pyridine rings is 1. The normalized spacial score (nSPS) is 18.4. The maximum absolute atomic E-state index is 13.7. The van der Waals surface area contributed by atoms with Gasteiger partial charge in [0.05, 0.1) is 11.1 Å². The Kier molecular flexibility index (Phi) is 3.22. The van der Waals surface area contributed by atoms with Crippen LogP contribution in [0.2, 0.25) is 0 Å². The van der Waals surface area contributed by atoms with Gasteiger partial charge in [-0.15, -0.1) is 0 Å². The van der Waals surface area contributed by atoms with Gasteiger partial charge >= 0.3 is 0 Å². The van der Waals surface area contributed by atoms with Gasteiger partial charge < -0.3 is 5.11 Å². The summed E-state index contributed by atoms with van der Waals surface area (Å²) in [7, 11) is 0. The summed E-state index contributed by atoms with van der Waals surface area (Å²) >= 11 is 0. The van der Waals surface area contributed by atoms with Crippen molar-refractivity contribution in [3.05, 3.63) is 41.8 Å². The maximum atomic E-state index is 13.7. The van der Waals surface area contributed by atoms with Gasteiger partial charge in [0.15, 0.2) is 0 Å². The Labute approximate surface area is 118 Å². The molecule has 2 aromatic rings. The van der Waals surface area contributed by atoms with Crippen molar-refractivity contribution in [3.8, 4) is 0 Å². The molecule has 1 aromatic heterocycles. The van der Waals surface area contributed by atoms with Crippen molar-refractivity contribution in [3.63, 3.8) is 0 Å². The highest BCUT2D eigenvalue weighted by atomic mass is 19.1. The molecule has 4 heteroatoms. The predicted molar refractivity (Wildman–Crippen MR) is 76.8 cm³/mol. The minimum Gasteiger partial charge on any atom is -0.387 e. The van der Waals surface area contributed by atoms with Gasteiger partial charge in [-0.25, -0.2) is 4.39 Å². The van der Waals surface area contributed by atoms with E-state index in [0.29, 0.717) is 19.6 Å². The average molecular weight is 274 g/mol. The van der Waals surface area contributed by atoms with E-state index < -0.39 is 5.60 Å². The molecule has 0 unspecified atom stereocenters. The second-order valence-corrected chi connectivity index (χ2v) is 6.04. The van der Waals surface area contributed by atoms with Crippen LogP contribution in [0, 0.1) is 11.7 Å². The summed E-state index contributed by atoms with van der Waals surface area (Å²) in [6.07, 6.45) is 1.73. The quantitative estimate of drug-likeness (QED) is 0.934. The van der Waals surface area contributed by atoms with Crippen molar-refractivity contribution in [1.82, 2.24) is 9.88 Å². The van der Waals surface area contributed by atoms with Crippen LogP contribution < -0.4 is 0 Å². The molecule has 3 rings (SSSR count). The van der Waals surface area contributed by atoms with Crippen molar-refractivity contribution in [2.45, 2.75) is 26.0 Å². The summed E-state index contributed by atoms with van der Waals surface area (Å²) in [6, 6.07) is 6.73. The van der Waals surface area contributed by atoms with Gasteiger partial charge in [0.1, 0.15) is 5.82 Å². The molecule has 0 spiro atoms. The number of benzene rings is 1. The van der Waals surface area contributed by atoms with Crippen molar-refractivity contribution in [2.24, 2.45) is 5.92 Å². The molecule has 0 radical (unpaired) electrons. The van der Waals surface area contributed by atoms with Crippen LogP contribution in [-0.4, -0.2) is 33.7 Å². The van der Waals surface area contributed by atoms with E-state index in [2.05, 4.69) is 9.88 Å². The number of fused-ring (bicyclic) bond motifs is 1. The molecule has 0 saturated carbocycles. The zero-order valence-electron chi connectivity index (χ0n) is 11.8. The van der Waals surface area contributed by atoms with Crippen LogP contribution in [0.3, 0.4) is 0 Å². The first kappa shape index (κ1) is 13.5. The topological polar surface area (TPSA) is 36.4 Å². The summed E-state index contributed by atoms with van der Waals surface area (Å²) in [6.45, 7) is 5.94. The third kappa shape index (κ3) is 2.30. The molecule has 106 valence electrons. The Morgan fingerprint density at radius 2 is 2.15 bits per heavy atom. The van der Waals surface area contributed by atoms with E-state index in [4.69, 9.17) is 0 Å². The monoisotopic (exact) mass is 274 g/mol. The van der Waals surface area contributed by atoms with Gasteiger partial charge in [-0.2, -0.15) is 0 Å². The summed E-state index contributed by atoms with van der Waals surface area (Å²) in [4.78, 5) is 6.48. The number of halogens is 1. The highest BCUT2D eigenvalue weighted by Gasteiger charge is 2.43. The van der Waals surface area contributed by atoms with Gasteiger partial charge in [-0.1, -0.05) is 19.9 Å². The minimum absolute atomic E-state index is 0.236. The molecule has 3 nitrogen and oxygen atoms in total. The standard InChI is InChI=1S/C16H19FN2O/c1-11(2)16(20)9-19(10-16)8-13-7-14(17)6-12-4-3-5-18-15(12)13/h3-7,11,20H,8-10H2,1-2H3. The second kappa shape index (κ2) is 4.79. The fraction of sp³-hybridized carbons (Fsp3) is 0.438. The van der Waals surface area contributed by atoms with E-state index in [1.165, 1.54) is 6.07 Å². The number of nitrogens with zero attached hydrogens (tertiary/aromatic N) is 2. The van der Waals surface area contributed by atoms with E-state index in [9.17, 15) is 9.50 Å². The zero-order valence-corrected chi connectivity index (χ0v) is 11.8. The summed E-state index contributed by atoms with van der Waals surface area (Å²) < 4.78 is 13.7. The van der Waals surface area contributed by atoms with Gasteiger partial charge in [0, 0.05) is 31.2 Å². The lowest BCUT2D eigenvalue weighted by atomic mass is 9.83. The number of aliphatic hydroxyl groups is 1. The van der Waals surface area contributed by atoms with Crippen LogP contribution in [0.5, 0.6) is 0 Å². The lowest BCUT2D eigenvalue weighted by molar-refractivity contribution is -0.130. The number of aromatic nitrogens is 1. The smallest absolute Gasteiger partial charge is 0.124 e. The molecule has 20 heavy (non-hydrogen) atoms. The molecule has 1 aliphatic rings. The highest BCUT2D eigenvalue weighted by molar-refractivity contribution is 5.81. The molecule has 1 saturated heterocycles. The third-order valence-corrected chi connectivity index (χ3v) is 4.21. The first-order valence-corrected chi connectivity index (χ1v) is 6.96. The molecular formula is C16H19FN2O. The Bertz CT molecular complexity index is 635. The molecule has 0 atom stereocenters. The molecule has 1 aliphatic heterocycles. The largest absolute Gasteiger partial charge is 0.387 e. The average Bonchev–Trinajstić information content (AvgIpc) is 2.36. The maximum Gasteiger partial charge on any atom is 0.124 e. The molecule has 0 amide bonds. The van der Waals surface area contributed by atoms with Gasteiger partial charge in [-0.05, 0) is 29.7 Å². The first-order valence-electron chi connectivity index (χ1n) is 6.96. The molecule has 2 heterocycles. The number of likely N-dealkylation sites (tertiary alicyclic amines) is 1. The molecule has 1 fully saturated rings. The number of β-amino-alcohol motifs (C(OH)–C–C–N with tert-alkyl or cyclic N) is 1. The van der Waals surface area contributed by atoms with Crippen LogP contribution in [0.4, 0.5) is 4.39 Å². The lowest BCUT2D eigenvalue weighted by Crippen LogP contribution is -2.63. The van der Waals surface area contributed by atoms with Crippen LogP contribution >= 0.6 is 0 Å². The van der Waals surface area contributed by atoms with E-state index in [0.717, 1.165) is 16.5 Å². The highest BCUT2D eigenvalue weighted by Crippen LogP contribution is 2.31. The fourth-order valence-electron chi connectivity index (χ4n) is 2.79. The van der Waals surface area contributed by atoms with Crippen LogP contribution in [0.25, 0.3) is 10.9 Å². The molecule has 1 aromatic carbocycles. The van der Waals surface area contributed by atoms with E-state index in [-0.39, 0.29) is 11.7 Å². The second-order valence-electron chi connectivity index (χ2n) is 6.04. The van der Waals surface area contributed by atoms with E-state index in [1.807, 2.05) is 26.0 Å². The molecule has 1 N–H and O–H groups in total. The van der Waals surface area contributed by atoms with E-state index >= 15 is 0 Å². The Morgan fingerprint density at radius 3 is 2.85 bits per heavy atom.